The van der Waals surface area contributed by atoms with Gasteiger partial charge in [-0.2, -0.15) is 0 Å². The molecule has 0 fully saturated rings. The van der Waals surface area contributed by atoms with Crippen LogP contribution in [-0.4, -0.2) is 20.6 Å². The second-order valence-corrected chi connectivity index (χ2v) is 8.53. The van der Waals surface area contributed by atoms with Crippen molar-refractivity contribution in [3.05, 3.63) is 59.0 Å². The number of rotatable bonds is 6. The van der Waals surface area contributed by atoms with Crippen molar-refractivity contribution in [2.24, 2.45) is 5.92 Å². The van der Waals surface area contributed by atoms with Gasteiger partial charge in [0.1, 0.15) is 11.5 Å². The zero-order valence-electron chi connectivity index (χ0n) is 14.4. The summed E-state index contributed by atoms with van der Waals surface area (Å²) < 4.78 is 28.0. The Labute approximate surface area is 143 Å². The lowest BCUT2D eigenvalue weighted by Crippen LogP contribution is -2.32. The summed E-state index contributed by atoms with van der Waals surface area (Å²) in [5, 5.41) is 2.98. The number of furan rings is 1. The Bertz CT molecular complexity index is 821. The number of carbonyl (C=O) groups is 1. The Morgan fingerprint density at radius 2 is 1.83 bits per heavy atom. The van der Waals surface area contributed by atoms with E-state index < -0.39 is 9.84 Å². The molecule has 2 rings (SSSR count). The highest BCUT2D eigenvalue weighted by molar-refractivity contribution is 7.89. The molecule has 1 amide bonds. The maximum absolute atomic E-state index is 12.5. The van der Waals surface area contributed by atoms with Gasteiger partial charge in [-0.15, -0.1) is 0 Å². The fourth-order valence-electron chi connectivity index (χ4n) is 2.59. The molecule has 0 aliphatic carbocycles. The standard InChI is InChI=1S/C18H23NO4S/c1-12(2)17(15-8-6-5-7-13(15)3)19-18(20)16-10-9-14(23-16)11-24(4,21)22/h5-10,12,17H,11H2,1-4H3,(H,19,20)/t17-/m1/s1. The minimum atomic E-state index is -3.20. The molecular formula is C18H23NO4S. The predicted molar refractivity (Wildman–Crippen MR) is 93.5 cm³/mol. The summed E-state index contributed by atoms with van der Waals surface area (Å²) in [5.41, 5.74) is 2.16. The molecule has 5 nitrogen and oxygen atoms in total. The smallest absolute Gasteiger partial charge is 0.287 e. The number of sulfone groups is 1. The molecule has 1 aromatic carbocycles. The number of carbonyl (C=O) groups excluding carboxylic acids is 1. The van der Waals surface area contributed by atoms with E-state index in [0.29, 0.717) is 0 Å². The Kier molecular flexibility index (Phi) is 5.49. The van der Waals surface area contributed by atoms with Crippen molar-refractivity contribution in [2.75, 3.05) is 6.26 Å². The highest BCUT2D eigenvalue weighted by Gasteiger charge is 2.22. The third-order valence-corrected chi connectivity index (χ3v) is 4.58. The maximum atomic E-state index is 12.5. The molecule has 1 heterocycles. The summed E-state index contributed by atoms with van der Waals surface area (Å²) in [5.74, 6) is 0.0100. The lowest BCUT2D eigenvalue weighted by molar-refractivity contribution is 0.0895. The van der Waals surface area contributed by atoms with Gasteiger partial charge in [0, 0.05) is 6.26 Å². The zero-order valence-corrected chi connectivity index (χ0v) is 15.2. The van der Waals surface area contributed by atoms with Crippen LogP contribution < -0.4 is 5.32 Å². The Morgan fingerprint density at radius 1 is 1.17 bits per heavy atom. The summed E-state index contributed by atoms with van der Waals surface area (Å²) in [6, 6.07) is 10.8. The molecular weight excluding hydrogens is 326 g/mol. The van der Waals surface area contributed by atoms with Crippen LogP contribution in [0.1, 0.15) is 47.3 Å². The van der Waals surface area contributed by atoms with Crippen molar-refractivity contribution in [2.45, 2.75) is 32.6 Å². The number of hydrogen-bond donors (Lipinski definition) is 1. The average Bonchev–Trinajstić information content (AvgIpc) is 2.91. The average molecular weight is 349 g/mol. The zero-order chi connectivity index (χ0) is 17.9. The lowest BCUT2D eigenvalue weighted by Gasteiger charge is -2.24. The lowest BCUT2D eigenvalue weighted by atomic mass is 9.92. The largest absolute Gasteiger partial charge is 0.455 e. The molecule has 0 aliphatic heterocycles. The molecule has 24 heavy (non-hydrogen) atoms. The van der Waals surface area contributed by atoms with Crippen molar-refractivity contribution in [1.82, 2.24) is 5.32 Å². The molecule has 0 unspecified atom stereocenters. The molecule has 130 valence electrons. The van der Waals surface area contributed by atoms with Crippen LogP contribution in [0.25, 0.3) is 0 Å². The SMILES string of the molecule is Cc1ccccc1[C@H](NC(=O)c1ccc(CS(C)(=O)=O)o1)C(C)C. The third-order valence-electron chi connectivity index (χ3n) is 3.77. The van der Waals surface area contributed by atoms with Gasteiger partial charge in [-0.05, 0) is 36.1 Å². The van der Waals surface area contributed by atoms with E-state index in [4.69, 9.17) is 4.42 Å². The first-order valence-electron chi connectivity index (χ1n) is 7.80. The molecule has 1 aromatic heterocycles. The molecule has 6 heteroatoms. The minimum Gasteiger partial charge on any atom is -0.455 e. The quantitative estimate of drug-likeness (QED) is 0.868. The summed E-state index contributed by atoms with van der Waals surface area (Å²) >= 11 is 0. The first-order chi connectivity index (χ1) is 11.2. The van der Waals surface area contributed by atoms with Crippen molar-refractivity contribution >= 4 is 15.7 Å². The van der Waals surface area contributed by atoms with Crippen molar-refractivity contribution in [3.63, 3.8) is 0 Å². The number of aryl methyl sites for hydroxylation is 1. The maximum Gasteiger partial charge on any atom is 0.287 e. The van der Waals surface area contributed by atoms with Gasteiger partial charge < -0.3 is 9.73 Å². The topological polar surface area (TPSA) is 76.4 Å². The van der Waals surface area contributed by atoms with Gasteiger partial charge in [-0.1, -0.05) is 38.1 Å². The van der Waals surface area contributed by atoms with E-state index in [0.717, 1.165) is 17.4 Å². The summed E-state index contributed by atoms with van der Waals surface area (Å²) in [6.07, 6.45) is 1.13. The van der Waals surface area contributed by atoms with Gasteiger partial charge >= 0.3 is 0 Å². The Morgan fingerprint density at radius 3 is 2.42 bits per heavy atom. The molecule has 2 aromatic rings. The van der Waals surface area contributed by atoms with Gasteiger partial charge in [0.25, 0.3) is 5.91 Å². The number of hydrogen-bond acceptors (Lipinski definition) is 4. The van der Waals surface area contributed by atoms with E-state index in [2.05, 4.69) is 5.32 Å². The van der Waals surface area contributed by atoms with E-state index in [-0.39, 0.29) is 35.1 Å². The summed E-state index contributed by atoms with van der Waals surface area (Å²) in [7, 11) is -3.20. The van der Waals surface area contributed by atoms with Crippen molar-refractivity contribution in [1.29, 1.82) is 0 Å². The summed E-state index contributed by atoms with van der Waals surface area (Å²) in [6.45, 7) is 6.08. The van der Waals surface area contributed by atoms with Crippen LogP contribution in [0, 0.1) is 12.8 Å². The van der Waals surface area contributed by atoms with Crippen molar-refractivity contribution in [3.8, 4) is 0 Å². The van der Waals surface area contributed by atoms with Gasteiger partial charge in [-0.25, -0.2) is 8.42 Å². The Hall–Kier alpha value is -2.08. The number of amides is 1. The van der Waals surface area contributed by atoms with Crippen LogP contribution in [0.2, 0.25) is 0 Å². The van der Waals surface area contributed by atoms with Gasteiger partial charge in [0.2, 0.25) is 0 Å². The van der Waals surface area contributed by atoms with Crippen LogP contribution in [0.5, 0.6) is 0 Å². The van der Waals surface area contributed by atoms with Gasteiger partial charge in [-0.3, -0.25) is 4.79 Å². The highest BCUT2D eigenvalue weighted by atomic mass is 32.2. The van der Waals surface area contributed by atoms with Gasteiger partial charge in [0.15, 0.2) is 15.6 Å². The van der Waals surface area contributed by atoms with E-state index in [9.17, 15) is 13.2 Å². The highest BCUT2D eigenvalue weighted by Crippen LogP contribution is 2.25. The monoisotopic (exact) mass is 349 g/mol. The van der Waals surface area contributed by atoms with Gasteiger partial charge in [0.05, 0.1) is 6.04 Å². The fraction of sp³-hybridized carbons (Fsp3) is 0.389. The number of benzene rings is 1. The molecule has 1 N–H and O–H groups in total. The molecule has 1 atom stereocenters. The fourth-order valence-corrected chi connectivity index (χ4v) is 3.26. The second kappa shape index (κ2) is 7.21. The van der Waals surface area contributed by atoms with Crippen LogP contribution >= 0.6 is 0 Å². The predicted octanol–water partition coefficient (Wildman–Crippen LogP) is 3.26. The number of nitrogens with one attached hydrogen (secondary N) is 1. The second-order valence-electron chi connectivity index (χ2n) is 6.39. The van der Waals surface area contributed by atoms with Crippen LogP contribution in [0.4, 0.5) is 0 Å². The van der Waals surface area contributed by atoms with Crippen LogP contribution in [-0.2, 0) is 15.6 Å². The molecule has 0 spiro atoms. The van der Waals surface area contributed by atoms with E-state index in [1.807, 2.05) is 45.0 Å². The van der Waals surface area contributed by atoms with E-state index in [1.165, 1.54) is 12.1 Å². The van der Waals surface area contributed by atoms with Crippen LogP contribution in [0.3, 0.4) is 0 Å². The van der Waals surface area contributed by atoms with E-state index in [1.54, 1.807) is 0 Å². The molecule has 0 radical (unpaired) electrons. The third kappa shape index (κ3) is 4.71. The first kappa shape index (κ1) is 18.3. The normalized spacial score (nSPS) is 13.0. The molecule has 0 aliphatic rings. The minimum absolute atomic E-state index is 0.118. The molecule has 0 saturated carbocycles. The van der Waals surface area contributed by atoms with E-state index >= 15 is 0 Å². The Balaban J connectivity index is 2.19. The van der Waals surface area contributed by atoms with Crippen molar-refractivity contribution < 1.29 is 17.6 Å². The van der Waals surface area contributed by atoms with Crippen LogP contribution in [0.15, 0.2) is 40.8 Å². The molecule has 0 saturated heterocycles. The first-order valence-corrected chi connectivity index (χ1v) is 9.86. The molecule has 0 bridgehead atoms. The summed E-state index contributed by atoms with van der Waals surface area (Å²) in [4.78, 5) is 12.5.